The van der Waals surface area contributed by atoms with Crippen molar-refractivity contribution in [2.75, 3.05) is 13.2 Å². The molecule has 126 valence electrons. The van der Waals surface area contributed by atoms with Crippen molar-refractivity contribution in [3.8, 4) is 5.75 Å². The number of nitrogens with zero attached hydrogens (tertiary/aromatic N) is 2. The zero-order valence-electron chi connectivity index (χ0n) is 13.9. The third-order valence-electron chi connectivity index (χ3n) is 4.23. The van der Waals surface area contributed by atoms with Gasteiger partial charge in [0.1, 0.15) is 12.4 Å². The van der Waals surface area contributed by atoms with Crippen molar-refractivity contribution < 1.29 is 9.53 Å². The Morgan fingerprint density at radius 3 is 2.96 bits per heavy atom. The minimum absolute atomic E-state index is 0.0460. The molecular weight excluding hydrogens is 306 g/mol. The summed E-state index contributed by atoms with van der Waals surface area (Å²) < 4.78 is 7.22. The largest absolute Gasteiger partial charge is 0.492 e. The minimum Gasteiger partial charge on any atom is -0.492 e. The molecule has 0 unspecified atom stereocenters. The van der Waals surface area contributed by atoms with Gasteiger partial charge in [0, 0.05) is 24.5 Å². The highest BCUT2D eigenvalue weighted by molar-refractivity contribution is 5.79. The quantitative estimate of drug-likeness (QED) is 0.917. The second-order valence-corrected chi connectivity index (χ2v) is 6.08. The normalized spacial score (nSPS) is 16.2. The SMILES string of the molecule is Cc1cc(C)n(CCNC(=O)[C@H]2COc3ccccc3C2)c(=O)n1. The van der Waals surface area contributed by atoms with E-state index in [0.29, 0.717) is 31.8 Å². The van der Waals surface area contributed by atoms with E-state index in [-0.39, 0.29) is 17.5 Å². The van der Waals surface area contributed by atoms with Gasteiger partial charge in [0.25, 0.3) is 0 Å². The predicted molar refractivity (Wildman–Crippen MR) is 90.1 cm³/mol. The maximum atomic E-state index is 12.3. The number of fused-ring (bicyclic) bond motifs is 1. The van der Waals surface area contributed by atoms with Gasteiger partial charge in [-0.1, -0.05) is 18.2 Å². The molecule has 0 aliphatic carbocycles. The predicted octanol–water partition coefficient (Wildman–Crippen LogP) is 1.23. The third-order valence-corrected chi connectivity index (χ3v) is 4.23. The Balaban J connectivity index is 1.56. The molecule has 6 heteroatoms. The first-order chi connectivity index (χ1) is 11.5. The highest BCUT2D eigenvalue weighted by Crippen LogP contribution is 2.26. The molecule has 0 saturated heterocycles. The van der Waals surface area contributed by atoms with Gasteiger partial charge in [-0.2, -0.15) is 4.98 Å². The lowest BCUT2D eigenvalue weighted by Crippen LogP contribution is -2.39. The maximum Gasteiger partial charge on any atom is 0.348 e. The van der Waals surface area contributed by atoms with Crippen LogP contribution in [-0.2, 0) is 17.8 Å². The number of benzene rings is 1. The van der Waals surface area contributed by atoms with Gasteiger partial charge >= 0.3 is 5.69 Å². The van der Waals surface area contributed by atoms with E-state index < -0.39 is 0 Å². The van der Waals surface area contributed by atoms with Crippen molar-refractivity contribution >= 4 is 5.91 Å². The summed E-state index contributed by atoms with van der Waals surface area (Å²) in [5.41, 5.74) is 2.32. The fourth-order valence-corrected chi connectivity index (χ4v) is 2.98. The number of carbonyl (C=O) groups is 1. The van der Waals surface area contributed by atoms with E-state index in [0.717, 1.165) is 17.0 Å². The first-order valence-corrected chi connectivity index (χ1v) is 8.08. The van der Waals surface area contributed by atoms with E-state index >= 15 is 0 Å². The van der Waals surface area contributed by atoms with Crippen molar-refractivity contribution in [3.05, 3.63) is 57.8 Å². The van der Waals surface area contributed by atoms with E-state index in [2.05, 4.69) is 10.3 Å². The van der Waals surface area contributed by atoms with Crippen LogP contribution in [0.25, 0.3) is 0 Å². The number of hydrogen-bond donors (Lipinski definition) is 1. The molecule has 1 aromatic carbocycles. The number of nitrogens with one attached hydrogen (secondary N) is 1. The second kappa shape index (κ2) is 6.86. The number of para-hydroxylation sites is 1. The van der Waals surface area contributed by atoms with Gasteiger partial charge in [0.2, 0.25) is 5.91 Å². The Morgan fingerprint density at radius 1 is 1.38 bits per heavy atom. The Morgan fingerprint density at radius 2 is 2.17 bits per heavy atom. The van der Waals surface area contributed by atoms with Crippen LogP contribution in [0.2, 0.25) is 0 Å². The van der Waals surface area contributed by atoms with Gasteiger partial charge in [0.15, 0.2) is 0 Å². The average Bonchev–Trinajstić information content (AvgIpc) is 2.56. The lowest BCUT2D eigenvalue weighted by Gasteiger charge is -2.24. The van der Waals surface area contributed by atoms with E-state index in [1.54, 1.807) is 11.5 Å². The Kier molecular flexibility index (Phi) is 4.64. The highest BCUT2D eigenvalue weighted by atomic mass is 16.5. The number of aryl methyl sites for hydroxylation is 2. The summed E-state index contributed by atoms with van der Waals surface area (Å²) in [7, 11) is 0. The molecule has 1 atom stereocenters. The van der Waals surface area contributed by atoms with Crippen LogP contribution < -0.4 is 15.7 Å². The van der Waals surface area contributed by atoms with Crippen molar-refractivity contribution in [1.82, 2.24) is 14.9 Å². The van der Waals surface area contributed by atoms with Gasteiger partial charge in [-0.15, -0.1) is 0 Å². The third kappa shape index (κ3) is 3.48. The number of carbonyl (C=O) groups excluding carboxylic acids is 1. The number of ether oxygens (including phenoxy) is 1. The van der Waals surface area contributed by atoms with Crippen LogP contribution in [-0.4, -0.2) is 28.6 Å². The summed E-state index contributed by atoms with van der Waals surface area (Å²) in [6, 6.07) is 9.63. The van der Waals surface area contributed by atoms with Crippen molar-refractivity contribution in [2.24, 2.45) is 5.92 Å². The van der Waals surface area contributed by atoms with Gasteiger partial charge in [-0.05, 0) is 38.0 Å². The molecule has 0 radical (unpaired) electrons. The number of hydrogen-bond acceptors (Lipinski definition) is 4. The molecule has 6 nitrogen and oxygen atoms in total. The van der Waals surface area contributed by atoms with Crippen LogP contribution in [0.5, 0.6) is 5.75 Å². The molecule has 2 heterocycles. The molecule has 0 bridgehead atoms. The van der Waals surface area contributed by atoms with Gasteiger partial charge < -0.3 is 10.1 Å². The Hall–Kier alpha value is -2.63. The highest BCUT2D eigenvalue weighted by Gasteiger charge is 2.25. The van der Waals surface area contributed by atoms with Crippen LogP contribution in [0, 0.1) is 19.8 Å². The number of aromatic nitrogens is 2. The van der Waals surface area contributed by atoms with Gasteiger partial charge in [0.05, 0.1) is 5.92 Å². The Bertz CT molecular complexity index is 813. The lowest BCUT2D eigenvalue weighted by atomic mass is 9.96. The van der Waals surface area contributed by atoms with Crippen molar-refractivity contribution in [3.63, 3.8) is 0 Å². The first-order valence-electron chi connectivity index (χ1n) is 8.08. The monoisotopic (exact) mass is 327 g/mol. The molecule has 2 aromatic rings. The van der Waals surface area contributed by atoms with E-state index in [4.69, 9.17) is 4.74 Å². The molecule has 1 aromatic heterocycles. The van der Waals surface area contributed by atoms with E-state index in [1.807, 2.05) is 37.3 Å². The van der Waals surface area contributed by atoms with Crippen molar-refractivity contribution in [2.45, 2.75) is 26.8 Å². The zero-order chi connectivity index (χ0) is 17.1. The zero-order valence-corrected chi connectivity index (χ0v) is 13.9. The summed E-state index contributed by atoms with van der Waals surface area (Å²) in [5, 5.41) is 2.89. The van der Waals surface area contributed by atoms with Crippen LogP contribution >= 0.6 is 0 Å². The molecule has 3 rings (SSSR count). The summed E-state index contributed by atoms with van der Waals surface area (Å²) in [6.45, 7) is 4.84. The molecule has 1 aliphatic heterocycles. The van der Waals surface area contributed by atoms with E-state index in [9.17, 15) is 9.59 Å². The topological polar surface area (TPSA) is 73.2 Å². The standard InChI is InChI=1S/C18H21N3O3/c1-12-9-13(2)21(18(23)20-12)8-7-19-17(22)15-10-14-5-3-4-6-16(14)24-11-15/h3-6,9,15H,7-8,10-11H2,1-2H3,(H,19,22)/t15-/m1/s1. The summed E-state index contributed by atoms with van der Waals surface area (Å²) >= 11 is 0. The Labute approximate surface area is 140 Å². The smallest absolute Gasteiger partial charge is 0.348 e. The fraction of sp³-hybridized carbons (Fsp3) is 0.389. The second-order valence-electron chi connectivity index (χ2n) is 6.08. The summed E-state index contributed by atoms with van der Waals surface area (Å²) in [5.74, 6) is 0.610. The summed E-state index contributed by atoms with van der Waals surface area (Å²) in [4.78, 5) is 28.1. The lowest BCUT2D eigenvalue weighted by molar-refractivity contribution is -0.126. The molecule has 1 N–H and O–H groups in total. The van der Waals surface area contributed by atoms with Crippen LogP contribution in [0.15, 0.2) is 35.1 Å². The maximum absolute atomic E-state index is 12.3. The molecule has 1 amide bonds. The number of rotatable bonds is 4. The molecule has 0 spiro atoms. The van der Waals surface area contributed by atoms with Crippen molar-refractivity contribution in [1.29, 1.82) is 0 Å². The fourth-order valence-electron chi connectivity index (χ4n) is 2.98. The van der Waals surface area contributed by atoms with E-state index in [1.165, 1.54) is 0 Å². The molecular formula is C18H21N3O3. The van der Waals surface area contributed by atoms with Gasteiger partial charge in [-0.3, -0.25) is 9.36 Å². The first kappa shape index (κ1) is 16.2. The average molecular weight is 327 g/mol. The van der Waals surface area contributed by atoms with Crippen LogP contribution in [0.1, 0.15) is 17.0 Å². The molecule has 0 fully saturated rings. The summed E-state index contributed by atoms with van der Waals surface area (Å²) in [6.07, 6.45) is 0.674. The molecule has 1 aliphatic rings. The number of amides is 1. The van der Waals surface area contributed by atoms with Crippen LogP contribution in [0.4, 0.5) is 0 Å². The molecule has 24 heavy (non-hydrogen) atoms. The molecule has 0 saturated carbocycles. The minimum atomic E-state index is -0.281. The van der Waals surface area contributed by atoms with Gasteiger partial charge in [-0.25, -0.2) is 4.79 Å². The van der Waals surface area contributed by atoms with Crippen LogP contribution in [0.3, 0.4) is 0 Å².